The highest BCUT2D eigenvalue weighted by atomic mass is 16.6. The van der Waals surface area contributed by atoms with Crippen LogP contribution in [0.5, 0.6) is 0 Å². The second-order valence-corrected chi connectivity index (χ2v) is 20.6. The summed E-state index contributed by atoms with van der Waals surface area (Å²) < 4.78 is 16.8. The maximum Gasteiger partial charge on any atom is 0.306 e. The van der Waals surface area contributed by atoms with E-state index in [9.17, 15) is 14.4 Å². The molecule has 6 nitrogen and oxygen atoms in total. The largest absolute Gasteiger partial charge is 0.462 e. The van der Waals surface area contributed by atoms with E-state index in [4.69, 9.17) is 14.2 Å². The van der Waals surface area contributed by atoms with E-state index in [0.29, 0.717) is 19.3 Å². The lowest BCUT2D eigenvalue weighted by molar-refractivity contribution is -0.167. The lowest BCUT2D eigenvalue weighted by atomic mass is 10.0. The Labute approximate surface area is 387 Å². The first kappa shape index (κ1) is 60.4. The summed E-state index contributed by atoms with van der Waals surface area (Å²) in [7, 11) is 0. The monoisotopic (exact) mass is 877 g/mol. The van der Waals surface area contributed by atoms with Crippen LogP contribution < -0.4 is 0 Å². The van der Waals surface area contributed by atoms with Crippen molar-refractivity contribution in [2.24, 2.45) is 17.8 Å². The molecule has 0 spiro atoms. The zero-order valence-corrected chi connectivity index (χ0v) is 42.7. The molecule has 0 saturated heterocycles. The third-order valence-corrected chi connectivity index (χ3v) is 12.6. The number of carbonyl (C=O) groups excluding carboxylic acids is 3. The molecule has 0 fully saturated rings. The molecule has 0 N–H and O–H groups in total. The van der Waals surface area contributed by atoms with Crippen LogP contribution in [0, 0.1) is 17.8 Å². The molecule has 0 radical (unpaired) electrons. The Morgan fingerprint density at radius 3 is 0.694 bits per heavy atom. The quantitative estimate of drug-likeness (QED) is 0.0344. The Balaban J connectivity index is 4.25. The van der Waals surface area contributed by atoms with Crippen LogP contribution in [0.25, 0.3) is 0 Å². The number of ether oxygens (including phenoxy) is 3. The summed E-state index contributed by atoms with van der Waals surface area (Å²) in [5, 5.41) is 0. The molecule has 62 heavy (non-hydrogen) atoms. The van der Waals surface area contributed by atoms with Crippen LogP contribution in [0.4, 0.5) is 0 Å². The molecule has 0 aliphatic heterocycles. The van der Waals surface area contributed by atoms with E-state index in [-0.39, 0.29) is 31.1 Å². The van der Waals surface area contributed by atoms with E-state index < -0.39 is 6.10 Å². The van der Waals surface area contributed by atoms with E-state index in [0.717, 1.165) is 75.5 Å². The second-order valence-electron chi connectivity index (χ2n) is 20.6. The molecule has 0 aliphatic carbocycles. The average Bonchev–Trinajstić information content (AvgIpc) is 3.23. The van der Waals surface area contributed by atoms with E-state index in [1.54, 1.807) is 0 Å². The molecule has 0 bridgehead atoms. The summed E-state index contributed by atoms with van der Waals surface area (Å²) >= 11 is 0. The van der Waals surface area contributed by atoms with Gasteiger partial charge in [-0.1, -0.05) is 266 Å². The molecule has 0 aromatic heterocycles. The standard InChI is InChI=1S/C56H108O6/c1-50(2)42-36-30-24-18-14-11-9-7-8-10-12-16-20-27-33-39-45-54(57)60-48-53(62-56(59)47-41-35-29-23-22-26-32-38-44-52(5)6)49-61-55(58)46-40-34-28-21-17-13-15-19-25-31-37-43-51(3)4/h50-53H,7-49H2,1-6H3/t53-/m0/s1. The molecule has 0 aromatic carbocycles. The van der Waals surface area contributed by atoms with Gasteiger partial charge >= 0.3 is 17.9 Å². The van der Waals surface area contributed by atoms with Gasteiger partial charge in [-0.25, -0.2) is 0 Å². The summed E-state index contributed by atoms with van der Waals surface area (Å²) in [6.45, 7) is 13.7. The van der Waals surface area contributed by atoms with E-state index in [1.807, 2.05) is 0 Å². The Morgan fingerprint density at radius 2 is 0.468 bits per heavy atom. The number of unbranched alkanes of at least 4 members (excludes halogenated alkanes) is 32. The van der Waals surface area contributed by atoms with Crippen molar-refractivity contribution < 1.29 is 28.6 Å². The van der Waals surface area contributed by atoms with Crippen LogP contribution in [0.1, 0.15) is 305 Å². The molecule has 0 unspecified atom stereocenters. The third-order valence-electron chi connectivity index (χ3n) is 12.6. The van der Waals surface area contributed by atoms with Gasteiger partial charge in [0, 0.05) is 19.3 Å². The Bertz CT molecular complexity index is 960. The van der Waals surface area contributed by atoms with E-state index >= 15 is 0 Å². The number of carbonyl (C=O) groups is 3. The van der Waals surface area contributed by atoms with Crippen molar-refractivity contribution in [1.29, 1.82) is 0 Å². The van der Waals surface area contributed by atoms with Crippen LogP contribution in [-0.4, -0.2) is 37.2 Å². The van der Waals surface area contributed by atoms with Crippen molar-refractivity contribution >= 4 is 17.9 Å². The van der Waals surface area contributed by atoms with Crippen molar-refractivity contribution in [2.75, 3.05) is 13.2 Å². The fourth-order valence-corrected chi connectivity index (χ4v) is 8.47. The maximum absolute atomic E-state index is 12.8. The molecule has 0 rings (SSSR count). The highest BCUT2D eigenvalue weighted by Crippen LogP contribution is 2.18. The lowest BCUT2D eigenvalue weighted by Gasteiger charge is -2.18. The summed E-state index contributed by atoms with van der Waals surface area (Å²) in [6, 6.07) is 0. The SMILES string of the molecule is CC(C)CCCCCCCCCCCCCCCCCCC(=O)OC[C@@H](COC(=O)CCCCCCCCCCCCCC(C)C)OC(=O)CCCCCCCCCCC(C)C. The van der Waals surface area contributed by atoms with Gasteiger partial charge in [-0.15, -0.1) is 0 Å². The number of hydrogen-bond acceptors (Lipinski definition) is 6. The van der Waals surface area contributed by atoms with Gasteiger partial charge in [0.2, 0.25) is 0 Å². The van der Waals surface area contributed by atoms with Crippen molar-refractivity contribution in [3.8, 4) is 0 Å². The molecular formula is C56H108O6. The first-order chi connectivity index (χ1) is 30.1. The summed E-state index contributed by atoms with van der Waals surface area (Å²) in [5.41, 5.74) is 0. The molecular weight excluding hydrogens is 769 g/mol. The van der Waals surface area contributed by atoms with Crippen molar-refractivity contribution in [3.05, 3.63) is 0 Å². The van der Waals surface area contributed by atoms with Crippen LogP contribution in [0.2, 0.25) is 0 Å². The van der Waals surface area contributed by atoms with E-state index in [2.05, 4.69) is 41.5 Å². The minimum absolute atomic E-state index is 0.0644. The second kappa shape index (κ2) is 47.4. The van der Waals surface area contributed by atoms with Gasteiger partial charge in [0.25, 0.3) is 0 Å². The van der Waals surface area contributed by atoms with Crippen LogP contribution in [0.3, 0.4) is 0 Å². The Hall–Kier alpha value is -1.59. The molecule has 0 aliphatic rings. The summed E-state index contributed by atoms with van der Waals surface area (Å²) in [5.74, 6) is 1.62. The molecule has 1 atom stereocenters. The lowest BCUT2D eigenvalue weighted by Crippen LogP contribution is -2.30. The Morgan fingerprint density at radius 1 is 0.274 bits per heavy atom. The smallest absolute Gasteiger partial charge is 0.306 e. The molecule has 0 amide bonds. The molecule has 368 valence electrons. The fourth-order valence-electron chi connectivity index (χ4n) is 8.47. The first-order valence-electron chi connectivity index (χ1n) is 27.6. The minimum Gasteiger partial charge on any atom is -0.462 e. The van der Waals surface area contributed by atoms with Gasteiger partial charge in [0.15, 0.2) is 6.10 Å². The molecule has 0 saturated carbocycles. The van der Waals surface area contributed by atoms with Gasteiger partial charge in [0.1, 0.15) is 13.2 Å². The minimum atomic E-state index is -0.763. The zero-order chi connectivity index (χ0) is 45.6. The predicted octanol–water partition coefficient (Wildman–Crippen LogP) is 17.9. The van der Waals surface area contributed by atoms with E-state index in [1.165, 1.54) is 186 Å². The van der Waals surface area contributed by atoms with Crippen molar-refractivity contribution in [3.63, 3.8) is 0 Å². The van der Waals surface area contributed by atoms with Crippen molar-refractivity contribution in [1.82, 2.24) is 0 Å². The van der Waals surface area contributed by atoms with Gasteiger partial charge in [-0.05, 0) is 37.0 Å². The predicted molar refractivity (Wildman–Crippen MR) is 266 cm³/mol. The first-order valence-corrected chi connectivity index (χ1v) is 27.6. The van der Waals surface area contributed by atoms with Gasteiger partial charge < -0.3 is 14.2 Å². The number of hydrogen-bond donors (Lipinski definition) is 0. The molecule has 0 aromatic rings. The molecule has 6 heteroatoms. The highest BCUT2D eigenvalue weighted by molar-refractivity contribution is 5.71. The zero-order valence-electron chi connectivity index (χ0n) is 42.7. The fraction of sp³-hybridized carbons (Fsp3) is 0.946. The Kier molecular flexibility index (Phi) is 46.2. The van der Waals surface area contributed by atoms with Crippen molar-refractivity contribution in [2.45, 2.75) is 311 Å². The highest BCUT2D eigenvalue weighted by Gasteiger charge is 2.19. The van der Waals surface area contributed by atoms with Crippen LogP contribution >= 0.6 is 0 Å². The maximum atomic E-state index is 12.8. The number of esters is 3. The summed E-state index contributed by atoms with van der Waals surface area (Å²) in [6.07, 6.45) is 48.1. The normalized spacial score (nSPS) is 12.1. The topological polar surface area (TPSA) is 78.9 Å². The van der Waals surface area contributed by atoms with Gasteiger partial charge in [-0.2, -0.15) is 0 Å². The van der Waals surface area contributed by atoms with Crippen LogP contribution in [-0.2, 0) is 28.6 Å². The average molecular weight is 877 g/mol. The van der Waals surface area contributed by atoms with Gasteiger partial charge in [0.05, 0.1) is 0 Å². The third kappa shape index (κ3) is 49.4. The van der Waals surface area contributed by atoms with Crippen LogP contribution in [0.15, 0.2) is 0 Å². The number of rotatable bonds is 49. The molecule has 0 heterocycles. The summed E-state index contributed by atoms with van der Waals surface area (Å²) in [4.78, 5) is 38.0. The van der Waals surface area contributed by atoms with Gasteiger partial charge in [-0.3, -0.25) is 14.4 Å².